The van der Waals surface area contributed by atoms with Gasteiger partial charge in [-0.1, -0.05) is 0 Å². The number of hydrogen-bond acceptors (Lipinski definition) is 3. The van der Waals surface area contributed by atoms with Crippen LogP contribution in [0.5, 0.6) is 0 Å². The van der Waals surface area contributed by atoms with Gasteiger partial charge >= 0.3 is 0 Å². The zero-order valence-corrected chi connectivity index (χ0v) is 16.8. The van der Waals surface area contributed by atoms with Gasteiger partial charge in [-0.05, 0) is 38.4 Å². The van der Waals surface area contributed by atoms with Crippen molar-refractivity contribution in [1.82, 2.24) is 20.1 Å². The van der Waals surface area contributed by atoms with Crippen LogP contribution in [0.1, 0.15) is 19.8 Å². The van der Waals surface area contributed by atoms with Gasteiger partial charge in [0.25, 0.3) is 0 Å². The Morgan fingerprint density at radius 3 is 2.92 bits per heavy atom. The van der Waals surface area contributed by atoms with E-state index in [2.05, 4.69) is 39.4 Å². The van der Waals surface area contributed by atoms with Crippen LogP contribution < -0.4 is 10.6 Å². The van der Waals surface area contributed by atoms with Gasteiger partial charge < -0.3 is 19.9 Å². The number of nitrogens with zero attached hydrogens (tertiary/aromatic N) is 3. The van der Waals surface area contributed by atoms with E-state index in [0.29, 0.717) is 6.04 Å². The van der Waals surface area contributed by atoms with Crippen molar-refractivity contribution in [3.63, 3.8) is 0 Å². The van der Waals surface area contributed by atoms with Crippen molar-refractivity contribution in [2.75, 3.05) is 39.3 Å². The summed E-state index contributed by atoms with van der Waals surface area (Å²) in [5.41, 5.74) is 0. The van der Waals surface area contributed by atoms with Crippen molar-refractivity contribution < 1.29 is 4.74 Å². The predicted octanol–water partition coefficient (Wildman–Crippen LogP) is 1.52. The summed E-state index contributed by atoms with van der Waals surface area (Å²) in [6.07, 6.45) is 6.99. The average Bonchev–Trinajstić information content (AvgIpc) is 3.23. The van der Waals surface area contributed by atoms with Crippen LogP contribution in [0, 0.1) is 0 Å². The number of nitrogens with one attached hydrogen (secondary N) is 2. The van der Waals surface area contributed by atoms with Gasteiger partial charge in [0.2, 0.25) is 0 Å². The summed E-state index contributed by atoms with van der Waals surface area (Å²) in [5.74, 6) is 0.881. The molecule has 0 saturated carbocycles. The second kappa shape index (κ2) is 10.2. The Bertz CT molecular complexity index is 493. The first-order valence-corrected chi connectivity index (χ1v) is 8.83. The summed E-state index contributed by atoms with van der Waals surface area (Å²) < 4.78 is 8.14. The minimum absolute atomic E-state index is 0. The summed E-state index contributed by atoms with van der Waals surface area (Å²) in [4.78, 5) is 7.27. The fraction of sp³-hybridized carbons (Fsp3) is 0.706. The molecule has 1 aromatic rings. The first-order valence-electron chi connectivity index (χ1n) is 8.83. The summed E-state index contributed by atoms with van der Waals surface area (Å²) in [5, 5.41) is 6.70. The third kappa shape index (κ3) is 5.63. The van der Waals surface area contributed by atoms with Gasteiger partial charge in [0, 0.05) is 44.6 Å². The maximum atomic E-state index is 5.98. The van der Waals surface area contributed by atoms with Crippen molar-refractivity contribution in [1.29, 1.82) is 0 Å². The fourth-order valence-electron chi connectivity index (χ4n) is 3.35. The molecule has 2 atom stereocenters. The molecule has 2 aliphatic heterocycles. The molecule has 24 heavy (non-hydrogen) atoms. The molecule has 2 saturated heterocycles. The van der Waals surface area contributed by atoms with Crippen LogP contribution in [0.3, 0.4) is 0 Å². The van der Waals surface area contributed by atoms with Crippen molar-refractivity contribution >= 4 is 29.9 Å². The molecule has 2 aliphatic rings. The molecule has 0 radical (unpaired) electrons. The highest BCUT2D eigenvalue weighted by Gasteiger charge is 2.31. The van der Waals surface area contributed by atoms with Crippen LogP contribution in [0.2, 0.25) is 0 Å². The first-order chi connectivity index (χ1) is 11.3. The second-order valence-electron chi connectivity index (χ2n) is 6.31. The minimum Gasteiger partial charge on any atom is -0.373 e. The number of aromatic nitrogens is 1. The number of morpholine rings is 1. The van der Waals surface area contributed by atoms with Gasteiger partial charge in [-0.25, -0.2) is 0 Å². The van der Waals surface area contributed by atoms with E-state index in [0.717, 1.165) is 45.3 Å². The highest BCUT2D eigenvalue weighted by molar-refractivity contribution is 14.0. The molecule has 0 spiro atoms. The van der Waals surface area contributed by atoms with Crippen LogP contribution in [-0.2, 0) is 11.3 Å². The molecule has 0 aromatic carbocycles. The lowest BCUT2D eigenvalue weighted by molar-refractivity contribution is -0.0432. The lowest BCUT2D eigenvalue weighted by Crippen LogP contribution is -2.47. The van der Waals surface area contributed by atoms with E-state index < -0.39 is 0 Å². The number of fused-ring (bicyclic) bond motifs is 1. The number of aliphatic imine (C=N–C) groups is 1. The molecule has 1 aromatic heterocycles. The van der Waals surface area contributed by atoms with Gasteiger partial charge in [-0.2, -0.15) is 0 Å². The first kappa shape index (κ1) is 19.5. The summed E-state index contributed by atoms with van der Waals surface area (Å²) in [6.45, 7) is 8.61. The third-order valence-corrected chi connectivity index (χ3v) is 4.59. The Morgan fingerprint density at radius 1 is 1.29 bits per heavy atom. The minimum atomic E-state index is 0. The Hall–Kier alpha value is -0.800. The van der Waals surface area contributed by atoms with Crippen LogP contribution in [-0.4, -0.2) is 66.9 Å². The smallest absolute Gasteiger partial charge is 0.191 e. The predicted molar refractivity (Wildman–Crippen MR) is 108 cm³/mol. The molecule has 0 aliphatic carbocycles. The lowest BCUT2D eigenvalue weighted by Gasteiger charge is -2.34. The van der Waals surface area contributed by atoms with E-state index in [1.807, 2.05) is 12.1 Å². The Labute approximate surface area is 162 Å². The van der Waals surface area contributed by atoms with E-state index in [9.17, 15) is 0 Å². The molecule has 0 bridgehead atoms. The van der Waals surface area contributed by atoms with Gasteiger partial charge in [-0.3, -0.25) is 9.89 Å². The van der Waals surface area contributed by atoms with Crippen LogP contribution >= 0.6 is 24.0 Å². The standard InChI is InChI=1S/C17H29N5O.HI/c1-2-18-17(19-7-11-21-8-3-4-9-21)20-12-16-13-22-10-5-6-15(22)14-23-16;/h3-4,8-9,15-16H,2,5-7,10-14H2,1H3,(H2,18,19,20);1H. The molecule has 7 heteroatoms. The highest BCUT2D eigenvalue weighted by atomic mass is 127. The van der Waals surface area contributed by atoms with Crippen LogP contribution in [0.15, 0.2) is 29.5 Å². The average molecular weight is 447 g/mol. The molecule has 0 amide bonds. The van der Waals surface area contributed by atoms with Gasteiger partial charge in [-0.15, -0.1) is 24.0 Å². The molecule has 6 nitrogen and oxygen atoms in total. The summed E-state index contributed by atoms with van der Waals surface area (Å²) in [7, 11) is 0. The molecule has 2 unspecified atom stereocenters. The van der Waals surface area contributed by atoms with Crippen molar-refractivity contribution in [2.24, 2.45) is 4.99 Å². The van der Waals surface area contributed by atoms with Gasteiger partial charge in [0.15, 0.2) is 5.96 Å². The maximum absolute atomic E-state index is 5.98. The number of guanidine groups is 1. The largest absolute Gasteiger partial charge is 0.373 e. The third-order valence-electron chi connectivity index (χ3n) is 4.59. The van der Waals surface area contributed by atoms with E-state index in [4.69, 9.17) is 9.73 Å². The zero-order chi connectivity index (χ0) is 15.9. The lowest BCUT2D eigenvalue weighted by atomic mass is 10.2. The Morgan fingerprint density at radius 2 is 2.12 bits per heavy atom. The van der Waals surface area contributed by atoms with Crippen LogP contribution in [0.4, 0.5) is 0 Å². The van der Waals surface area contributed by atoms with E-state index in [-0.39, 0.29) is 30.1 Å². The summed E-state index contributed by atoms with van der Waals surface area (Å²) >= 11 is 0. The van der Waals surface area contributed by atoms with Crippen LogP contribution in [0.25, 0.3) is 0 Å². The zero-order valence-electron chi connectivity index (χ0n) is 14.5. The van der Waals surface area contributed by atoms with E-state index in [1.165, 1.54) is 19.4 Å². The van der Waals surface area contributed by atoms with E-state index in [1.54, 1.807) is 0 Å². The molecular weight excluding hydrogens is 417 g/mol. The molecule has 2 N–H and O–H groups in total. The number of rotatable bonds is 6. The van der Waals surface area contributed by atoms with Crippen molar-refractivity contribution in [3.8, 4) is 0 Å². The Kier molecular flexibility index (Phi) is 8.34. The number of hydrogen-bond donors (Lipinski definition) is 2. The highest BCUT2D eigenvalue weighted by Crippen LogP contribution is 2.22. The van der Waals surface area contributed by atoms with Crippen molar-refractivity contribution in [2.45, 2.75) is 38.5 Å². The van der Waals surface area contributed by atoms with Crippen molar-refractivity contribution in [3.05, 3.63) is 24.5 Å². The number of ether oxygens (including phenoxy) is 1. The molecular formula is C17H30IN5O. The van der Waals surface area contributed by atoms with E-state index >= 15 is 0 Å². The normalized spacial score (nSPS) is 24.3. The number of halogens is 1. The topological polar surface area (TPSA) is 53.8 Å². The quantitative estimate of drug-likeness (QED) is 0.395. The molecule has 3 rings (SSSR count). The summed E-state index contributed by atoms with van der Waals surface area (Å²) in [6, 6.07) is 4.75. The van der Waals surface area contributed by atoms with Gasteiger partial charge in [0.1, 0.15) is 0 Å². The monoisotopic (exact) mass is 447 g/mol. The maximum Gasteiger partial charge on any atom is 0.191 e. The Balaban J connectivity index is 0.00000208. The molecule has 3 heterocycles. The second-order valence-corrected chi connectivity index (χ2v) is 6.31. The molecule has 2 fully saturated rings. The SMILES string of the molecule is CCNC(=NCC1CN2CCCC2CO1)NCCn1cccc1.I. The molecule has 136 valence electrons. The van der Waals surface area contributed by atoms with Gasteiger partial charge in [0.05, 0.1) is 19.3 Å². The fourth-order valence-corrected chi connectivity index (χ4v) is 3.35.